The van der Waals surface area contributed by atoms with E-state index in [1.165, 1.54) is 0 Å². The van der Waals surface area contributed by atoms with E-state index in [1.54, 1.807) is 0 Å². The highest BCUT2D eigenvalue weighted by Gasteiger charge is 2.57. The molecule has 14 heavy (non-hydrogen) atoms. The Morgan fingerprint density at radius 1 is 1.21 bits per heavy atom. The Morgan fingerprint density at radius 3 is 2.21 bits per heavy atom. The number of carboxylic acids is 1. The van der Waals surface area contributed by atoms with Crippen molar-refractivity contribution in [1.29, 1.82) is 0 Å². The Balaban J connectivity index is 2.28. The molecule has 1 amide bonds. The molecule has 78 valence electrons. The molecule has 6 nitrogen and oxygen atoms in total. The molecule has 6 heteroatoms. The molecule has 1 aliphatic carbocycles. The molecule has 0 aromatic carbocycles. The van der Waals surface area contributed by atoms with Crippen LogP contribution in [0.15, 0.2) is 0 Å². The predicted octanol–water partition coefficient (Wildman–Crippen LogP) is -0.427. The third kappa shape index (κ3) is 1.00. The fraction of sp³-hybridized carbons (Fsp3) is 0.750. The lowest BCUT2D eigenvalue weighted by Gasteiger charge is -2.34. The number of rotatable bonds is 1. The Hall–Kier alpha value is -1.30. The summed E-state index contributed by atoms with van der Waals surface area (Å²) >= 11 is 0. The number of likely N-dealkylation sites (tertiary alicyclic amines) is 1. The second-order valence-corrected chi connectivity index (χ2v) is 3.77. The van der Waals surface area contributed by atoms with Crippen molar-refractivity contribution in [1.82, 2.24) is 4.90 Å². The van der Waals surface area contributed by atoms with Crippen LogP contribution in [-0.4, -0.2) is 50.5 Å². The second kappa shape index (κ2) is 2.84. The Bertz CT molecular complexity index is 269. The van der Waals surface area contributed by atoms with E-state index in [2.05, 4.69) is 0 Å². The fourth-order valence-corrected chi connectivity index (χ4v) is 2.38. The molecule has 2 rings (SSSR count). The van der Waals surface area contributed by atoms with Gasteiger partial charge in [-0.3, -0.25) is 4.90 Å². The summed E-state index contributed by atoms with van der Waals surface area (Å²) in [6, 6.07) is -1.59. The molecule has 2 fully saturated rings. The van der Waals surface area contributed by atoms with Crippen LogP contribution in [0.4, 0.5) is 4.79 Å². The molecular weight excluding hydrogens is 190 g/mol. The first-order valence-corrected chi connectivity index (χ1v) is 4.46. The number of hydrogen-bond acceptors (Lipinski definition) is 3. The second-order valence-electron chi connectivity index (χ2n) is 3.77. The predicted molar refractivity (Wildman–Crippen MR) is 43.8 cm³/mol. The smallest absolute Gasteiger partial charge is 0.408 e. The van der Waals surface area contributed by atoms with E-state index in [0.29, 0.717) is 12.8 Å². The maximum atomic E-state index is 10.8. The minimum atomic E-state index is -1.29. The van der Waals surface area contributed by atoms with Crippen molar-refractivity contribution >= 4 is 12.1 Å². The standard InChI is InChI=1S/C8H11NO5/c10-6-3-1-2-4(3)9(8(13)14)5(6)7(11)12/h3-6,10H,1-2H2,(H,11,12)(H,13,14)/t3-,4+,5+,6-/m0/s1. The van der Waals surface area contributed by atoms with Crippen molar-refractivity contribution < 1.29 is 24.9 Å². The van der Waals surface area contributed by atoms with E-state index in [1.807, 2.05) is 0 Å². The zero-order valence-corrected chi connectivity index (χ0v) is 7.33. The molecular formula is C8H11NO5. The lowest BCUT2D eigenvalue weighted by Crippen LogP contribution is -2.48. The van der Waals surface area contributed by atoms with E-state index in [-0.39, 0.29) is 12.0 Å². The van der Waals surface area contributed by atoms with E-state index >= 15 is 0 Å². The van der Waals surface area contributed by atoms with Crippen LogP contribution in [0.25, 0.3) is 0 Å². The SMILES string of the molecule is O=C(O)[C@H]1[C@@H](O)[C@H]2CC[C@H]2N1C(=O)O. The number of carbonyl (C=O) groups is 2. The molecule has 0 aromatic rings. The van der Waals surface area contributed by atoms with E-state index in [4.69, 9.17) is 10.2 Å². The first kappa shape index (κ1) is 9.26. The van der Waals surface area contributed by atoms with Gasteiger partial charge in [0.25, 0.3) is 0 Å². The van der Waals surface area contributed by atoms with Crippen LogP contribution in [0.2, 0.25) is 0 Å². The maximum absolute atomic E-state index is 10.8. The number of aliphatic carboxylic acids is 1. The van der Waals surface area contributed by atoms with Crippen LogP contribution < -0.4 is 0 Å². The van der Waals surface area contributed by atoms with Gasteiger partial charge in [0.05, 0.1) is 6.10 Å². The molecule has 0 radical (unpaired) electrons. The van der Waals surface area contributed by atoms with Gasteiger partial charge in [-0.1, -0.05) is 0 Å². The van der Waals surface area contributed by atoms with Crippen molar-refractivity contribution in [3.8, 4) is 0 Å². The van der Waals surface area contributed by atoms with E-state index in [0.717, 1.165) is 4.90 Å². The van der Waals surface area contributed by atoms with Gasteiger partial charge in [-0.25, -0.2) is 9.59 Å². The first-order valence-electron chi connectivity index (χ1n) is 4.46. The third-order valence-corrected chi connectivity index (χ3v) is 3.18. The van der Waals surface area contributed by atoms with Gasteiger partial charge in [-0.15, -0.1) is 0 Å². The topological polar surface area (TPSA) is 98.1 Å². The van der Waals surface area contributed by atoms with Gasteiger partial charge in [-0.05, 0) is 12.8 Å². The monoisotopic (exact) mass is 201 g/mol. The van der Waals surface area contributed by atoms with Gasteiger partial charge in [0.1, 0.15) is 0 Å². The maximum Gasteiger partial charge on any atom is 0.408 e. The number of aliphatic hydroxyl groups is 1. The summed E-state index contributed by atoms with van der Waals surface area (Å²) in [5.41, 5.74) is 0. The summed E-state index contributed by atoms with van der Waals surface area (Å²) in [4.78, 5) is 22.5. The van der Waals surface area contributed by atoms with Gasteiger partial charge >= 0.3 is 12.1 Å². The molecule has 3 N–H and O–H groups in total. The molecule has 0 unspecified atom stereocenters. The van der Waals surface area contributed by atoms with Crippen LogP contribution >= 0.6 is 0 Å². The van der Waals surface area contributed by atoms with Crippen LogP contribution in [-0.2, 0) is 4.79 Å². The number of fused-ring (bicyclic) bond motifs is 1. The average Bonchev–Trinajstić information content (AvgIpc) is 2.17. The summed E-state index contributed by atoms with van der Waals surface area (Å²) in [6.07, 6.45) is -0.956. The van der Waals surface area contributed by atoms with Gasteiger partial charge in [0.2, 0.25) is 0 Å². The zero-order valence-electron chi connectivity index (χ0n) is 7.33. The highest BCUT2D eigenvalue weighted by molar-refractivity contribution is 5.81. The van der Waals surface area contributed by atoms with Crippen molar-refractivity contribution in [2.24, 2.45) is 5.92 Å². The van der Waals surface area contributed by atoms with Crippen LogP contribution in [0, 0.1) is 5.92 Å². The number of carboxylic acid groups (broad SMARTS) is 2. The normalized spacial score (nSPS) is 40.2. The van der Waals surface area contributed by atoms with Gasteiger partial charge in [-0.2, -0.15) is 0 Å². The Morgan fingerprint density at radius 2 is 1.86 bits per heavy atom. The lowest BCUT2D eigenvalue weighted by molar-refractivity contribution is -0.144. The molecule has 0 bridgehead atoms. The summed E-state index contributed by atoms with van der Waals surface area (Å²) in [7, 11) is 0. The minimum Gasteiger partial charge on any atom is -0.480 e. The highest BCUT2D eigenvalue weighted by Crippen LogP contribution is 2.43. The van der Waals surface area contributed by atoms with Gasteiger partial charge < -0.3 is 15.3 Å². The highest BCUT2D eigenvalue weighted by atomic mass is 16.4. The summed E-state index contributed by atoms with van der Waals surface area (Å²) in [6.45, 7) is 0. The zero-order chi connectivity index (χ0) is 10.5. The minimum absolute atomic E-state index is 0.188. The van der Waals surface area contributed by atoms with Gasteiger partial charge in [0, 0.05) is 12.0 Å². The molecule has 1 aliphatic heterocycles. The Kier molecular flexibility index (Phi) is 1.88. The van der Waals surface area contributed by atoms with Crippen molar-refractivity contribution in [2.45, 2.75) is 31.0 Å². The molecule has 4 atom stereocenters. The molecule has 2 aliphatic rings. The van der Waals surface area contributed by atoms with Crippen LogP contribution in [0.3, 0.4) is 0 Å². The molecule has 1 saturated heterocycles. The summed E-state index contributed by atoms with van der Waals surface area (Å²) in [5.74, 6) is -1.46. The summed E-state index contributed by atoms with van der Waals surface area (Å²) < 4.78 is 0. The number of hydrogen-bond donors (Lipinski definition) is 3. The summed E-state index contributed by atoms with van der Waals surface area (Å²) in [5, 5.41) is 27.2. The molecule has 1 saturated carbocycles. The van der Waals surface area contributed by atoms with Gasteiger partial charge in [0.15, 0.2) is 6.04 Å². The average molecular weight is 201 g/mol. The number of aliphatic hydroxyl groups excluding tert-OH is 1. The molecule has 0 aromatic heterocycles. The van der Waals surface area contributed by atoms with Crippen molar-refractivity contribution in [3.05, 3.63) is 0 Å². The molecule has 0 spiro atoms. The first-order chi connectivity index (χ1) is 6.54. The van der Waals surface area contributed by atoms with Crippen molar-refractivity contribution in [2.75, 3.05) is 0 Å². The fourth-order valence-electron chi connectivity index (χ4n) is 2.38. The van der Waals surface area contributed by atoms with Crippen LogP contribution in [0.1, 0.15) is 12.8 Å². The lowest BCUT2D eigenvalue weighted by atomic mass is 9.78. The Labute approximate surface area is 79.7 Å². The van der Waals surface area contributed by atoms with E-state index < -0.39 is 24.2 Å². The largest absolute Gasteiger partial charge is 0.480 e. The quantitative estimate of drug-likeness (QED) is 0.535. The van der Waals surface area contributed by atoms with E-state index in [9.17, 15) is 14.7 Å². The van der Waals surface area contributed by atoms with Crippen molar-refractivity contribution in [3.63, 3.8) is 0 Å². The number of amides is 1. The molecule has 1 heterocycles. The van der Waals surface area contributed by atoms with Crippen LogP contribution in [0.5, 0.6) is 0 Å². The number of nitrogens with zero attached hydrogens (tertiary/aromatic N) is 1. The third-order valence-electron chi connectivity index (χ3n) is 3.18.